The van der Waals surface area contributed by atoms with E-state index in [2.05, 4.69) is 11.7 Å². The predicted octanol–water partition coefficient (Wildman–Crippen LogP) is 0.526. The standard InChI is InChI=1S/C7H13O3/c1-2-10-7(9)5-3-4-6-8/h8H,1-6H2. The highest BCUT2D eigenvalue weighted by Gasteiger charge is 1.98. The van der Waals surface area contributed by atoms with Gasteiger partial charge in [0.05, 0.1) is 6.61 Å². The number of carbonyl (C=O) groups is 1. The molecule has 0 rings (SSSR count). The summed E-state index contributed by atoms with van der Waals surface area (Å²) in [6.07, 6.45) is 1.73. The summed E-state index contributed by atoms with van der Waals surface area (Å²) in [5.41, 5.74) is 0. The van der Waals surface area contributed by atoms with E-state index in [1.54, 1.807) is 0 Å². The molecule has 0 aliphatic carbocycles. The van der Waals surface area contributed by atoms with E-state index in [4.69, 9.17) is 5.11 Å². The highest BCUT2D eigenvalue weighted by molar-refractivity contribution is 5.69. The Bertz CT molecular complexity index is 90.9. The molecule has 0 saturated carbocycles. The van der Waals surface area contributed by atoms with E-state index in [0.717, 1.165) is 0 Å². The van der Waals surface area contributed by atoms with Gasteiger partial charge in [0.15, 0.2) is 0 Å². The molecule has 3 heteroatoms. The third-order valence-electron chi connectivity index (χ3n) is 1.05. The molecule has 0 aromatic heterocycles. The number of unbranched alkanes of at least 4 members (excludes halogenated alkanes) is 1. The minimum atomic E-state index is -0.233. The van der Waals surface area contributed by atoms with Gasteiger partial charge in [-0.15, -0.1) is 0 Å². The molecular formula is C7H13O3. The van der Waals surface area contributed by atoms with Gasteiger partial charge in [0, 0.05) is 13.0 Å². The molecule has 10 heavy (non-hydrogen) atoms. The second-order valence-corrected chi connectivity index (χ2v) is 1.90. The summed E-state index contributed by atoms with van der Waals surface area (Å²) in [4.78, 5) is 10.6. The van der Waals surface area contributed by atoms with Gasteiger partial charge in [0.2, 0.25) is 0 Å². The number of aliphatic hydroxyl groups is 1. The van der Waals surface area contributed by atoms with Gasteiger partial charge in [-0.1, -0.05) is 0 Å². The average Bonchev–Trinajstić information content (AvgIpc) is 1.89. The van der Waals surface area contributed by atoms with Crippen LogP contribution in [0.2, 0.25) is 0 Å². The zero-order chi connectivity index (χ0) is 7.82. The monoisotopic (exact) mass is 145 g/mol. The van der Waals surface area contributed by atoms with Crippen molar-refractivity contribution in [2.75, 3.05) is 13.2 Å². The van der Waals surface area contributed by atoms with Crippen molar-refractivity contribution in [2.45, 2.75) is 19.3 Å². The first kappa shape index (κ1) is 9.43. The van der Waals surface area contributed by atoms with E-state index in [-0.39, 0.29) is 19.2 Å². The Labute approximate surface area is 61.0 Å². The Morgan fingerprint density at radius 2 is 2.20 bits per heavy atom. The molecule has 0 bridgehead atoms. The fourth-order valence-electron chi connectivity index (χ4n) is 0.567. The van der Waals surface area contributed by atoms with Gasteiger partial charge in [-0.05, 0) is 19.8 Å². The van der Waals surface area contributed by atoms with E-state index in [1.165, 1.54) is 0 Å². The number of esters is 1. The Balaban J connectivity index is 3.05. The van der Waals surface area contributed by atoms with Crippen LogP contribution in [-0.2, 0) is 9.53 Å². The average molecular weight is 145 g/mol. The van der Waals surface area contributed by atoms with Crippen LogP contribution in [0.5, 0.6) is 0 Å². The highest BCUT2D eigenvalue weighted by atomic mass is 16.5. The molecule has 0 heterocycles. The number of ether oxygens (including phenoxy) is 1. The molecule has 0 aromatic rings. The highest BCUT2D eigenvalue weighted by Crippen LogP contribution is 1.95. The number of aliphatic hydroxyl groups excluding tert-OH is 1. The third kappa shape index (κ3) is 5.56. The van der Waals surface area contributed by atoms with E-state index in [9.17, 15) is 4.79 Å². The Morgan fingerprint density at radius 1 is 1.50 bits per heavy atom. The summed E-state index contributed by atoms with van der Waals surface area (Å²) in [5.74, 6) is -0.233. The number of rotatable bonds is 5. The summed E-state index contributed by atoms with van der Waals surface area (Å²) in [7, 11) is 0. The van der Waals surface area contributed by atoms with Crippen molar-refractivity contribution in [1.29, 1.82) is 0 Å². The summed E-state index contributed by atoms with van der Waals surface area (Å²) in [5, 5.41) is 8.34. The first-order chi connectivity index (χ1) is 4.81. The van der Waals surface area contributed by atoms with E-state index in [0.29, 0.717) is 19.3 Å². The summed E-state index contributed by atoms with van der Waals surface area (Å²) in [6.45, 7) is 3.69. The van der Waals surface area contributed by atoms with Crippen LogP contribution in [-0.4, -0.2) is 24.3 Å². The number of hydrogen-bond donors (Lipinski definition) is 1. The van der Waals surface area contributed by atoms with Crippen molar-refractivity contribution in [3.05, 3.63) is 6.92 Å². The summed E-state index contributed by atoms with van der Waals surface area (Å²) in [6, 6.07) is 0. The van der Waals surface area contributed by atoms with Crippen LogP contribution < -0.4 is 0 Å². The second-order valence-electron chi connectivity index (χ2n) is 1.90. The van der Waals surface area contributed by atoms with Gasteiger partial charge in [-0.3, -0.25) is 4.79 Å². The lowest BCUT2D eigenvalue weighted by molar-refractivity contribution is -0.142. The summed E-state index contributed by atoms with van der Waals surface area (Å²) < 4.78 is 4.56. The molecule has 0 atom stereocenters. The van der Waals surface area contributed by atoms with Crippen LogP contribution in [0.3, 0.4) is 0 Å². The van der Waals surface area contributed by atoms with Crippen molar-refractivity contribution < 1.29 is 14.6 Å². The maximum Gasteiger partial charge on any atom is 0.305 e. The Morgan fingerprint density at radius 3 is 2.70 bits per heavy atom. The molecule has 1 radical (unpaired) electrons. The van der Waals surface area contributed by atoms with E-state index < -0.39 is 0 Å². The molecule has 59 valence electrons. The molecule has 0 fully saturated rings. The van der Waals surface area contributed by atoms with Gasteiger partial charge in [0.25, 0.3) is 0 Å². The molecule has 0 aliphatic heterocycles. The van der Waals surface area contributed by atoms with E-state index in [1.807, 2.05) is 0 Å². The van der Waals surface area contributed by atoms with Gasteiger partial charge < -0.3 is 9.84 Å². The molecule has 0 spiro atoms. The van der Waals surface area contributed by atoms with Crippen LogP contribution in [0.1, 0.15) is 19.3 Å². The van der Waals surface area contributed by atoms with Crippen molar-refractivity contribution in [3.8, 4) is 0 Å². The first-order valence-corrected chi connectivity index (χ1v) is 3.37. The second kappa shape index (κ2) is 6.55. The van der Waals surface area contributed by atoms with E-state index >= 15 is 0 Å². The van der Waals surface area contributed by atoms with Crippen molar-refractivity contribution in [3.63, 3.8) is 0 Å². The lowest BCUT2D eigenvalue weighted by Crippen LogP contribution is -2.03. The molecule has 0 amide bonds. The quantitative estimate of drug-likeness (QED) is 0.453. The Hall–Kier alpha value is -0.570. The van der Waals surface area contributed by atoms with Crippen LogP contribution >= 0.6 is 0 Å². The van der Waals surface area contributed by atoms with Gasteiger partial charge in [0.1, 0.15) is 0 Å². The predicted molar refractivity (Wildman–Crippen MR) is 37.3 cm³/mol. The third-order valence-corrected chi connectivity index (χ3v) is 1.05. The van der Waals surface area contributed by atoms with Crippen molar-refractivity contribution in [2.24, 2.45) is 0 Å². The van der Waals surface area contributed by atoms with Crippen LogP contribution in [0.15, 0.2) is 0 Å². The number of carbonyl (C=O) groups excluding carboxylic acids is 1. The lowest BCUT2D eigenvalue weighted by atomic mass is 10.2. The molecule has 0 saturated heterocycles. The van der Waals surface area contributed by atoms with Crippen LogP contribution in [0.25, 0.3) is 0 Å². The smallest absolute Gasteiger partial charge is 0.305 e. The molecule has 0 unspecified atom stereocenters. The SMILES string of the molecule is [CH2]COC(=O)CCCCO. The molecule has 1 N–H and O–H groups in total. The zero-order valence-corrected chi connectivity index (χ0v) is 6.01. The fourth-order valence-corrected chi connectivity index (χ4v) is 0.567. The fraction of sp³-hybridized carbons (Fsp3) is 0.714. The molecular weight excluding hydrogens is 132 g/mol. The van der Waals surface area contributed by atoms with Crippen molar-refractivity contribution >= 4 is 5.97 Å². The molecule has 3 nitrogen and oxygen atoms in total. The van der Waals surface area contributed by atoms with Crippen LogP contribution in [0.4, 0.5) is 0 Å². The molecule has 0 aromatic carbocycles. The van der Waals surface area contributed by atoms with Crippen LogP contribution in [0, 0.1) is 6.92 Å². The number of hydrogen-bond acceptors (Lipinski definition) is 3. The Kier molecular flexibility index (Phi) is 6.18. The van der Waals surface area contributed by atoms with Crippen molar-refractivity contribution in [1.82, 2.24) is 0 Å². The van der Waals surface area contributed by atoms with Gasteiger partial charge in [-0.25, -0.2) is 0 Å². The maximum atomic E-state index is 10.6. The summed E-state index contributed by atoms with van der Waals surface area (Å²) >= 11 is 0. The minimum absolute atomic E-state index is 0.137. The lowest BCUT2D eigenvalue weighted by Gasteiger charge is -1.98. The van der Waals surface area contributed by atoms with Gasteiger partial charge in [-0.2, -0.15) is 0 Å². The van der Waals surface area contributed by atoms with Gasteiger partial charge >= 0.3 is 5.97 Å². The minimum Gasteiger partial charge on any atom is -0.466 e. The normalized spacial score (nSPS) is 9.40. The first-order valence-electron chi connectivity index (χ1n) is 3.37. The zero-order valence-electron chi connectivity index (χ0n) is 6.01. The maximum absolute atomic E-state index is 10.6. The largest absolute Gasteiger partial charge is 0.466 e. The topological polar surface area (TPSA) is 46.5 Å². The molecule has 0 aliphatic rings.